The van der Waals surface area contributed by atoms with E-state index >= 15 is 8.78 Å². The highest BCUT2D eigenvalue weighted by molar-refractivity contribution is 8.14. The van der Waals surface area contributed by atoms with Gasteiger partial charge in [0.05, 0.1) is 75.3 Å². The van der Waals surface area contributed by atoms with Crippen LogP contribution in [-0.2, 0) is 19.1 Å². The number of halogens is 11. The zero-order chi connectivity index (χ0) is 69.1. The van der Waals surface area contributed by atoms with Crippen molar-refractivity contribution in [3.63, 3.8) is 0 Å². The van der Waals surface area contributed by atoms with Gasteiger partial charge in [-0.25, -0.2) is 73.1 Å². The van der Waals surface area contributed by atoms with E-state index in [1.54, 1.807) is 43.0 Å². The fourth-order valence-corrected chi connectivity index (χ4v) is 15.4. The Morgan fingerprint density at radius 2 is 0.880 bits per heavy atom. The van der Waals surface area contributed by atoms with Gasteiger partial charge in [-0.1, -0.05) is 73.4 Å². The Kier molecular flexibility index (Phi) is 23.1. The Morgan fingerprint density at radius 1 is 0.500 bits per heavy atom. The number of carbonyl (C=O) groups excluding carboxylic acids is 4. The molecule has 32 heteroatoms. The summed E-state index contributed by atoms with van der Waals surface area (Å²) < 4.78 is 138. The molecule has 4 aromatic carbocycles. The van der Waals surface area contributed by atoms with E-state index in [4.69, 9.17) is 62.8 Å². The lowest BCUT2D eigenvalue weighted by atomic mass is 10.0. The lowest BCUT2D eigenvalue weighted by molar-refractivity contribution is 0.0955. The summed E-state index contributed by atoms with van der Waals surface area (Å²) in [5.41, 5.74) is 4.16. The number of ketones is 2. The summed E-state index contributed by atoms with van der Waals surface area (Å²) in [5, 5.41) is -1.35. The summed E-state index contributed by atoms with van der Waals surface area (Å²) in [4.78, 5) is 81.6. The second-order valence-electron chi connectivity index (χ2n) is 23.5. The van der Waals surface area contributed by atoms with Gasteiger partial charge in [-0.05, 0) is 125 Å². The first-order valence-electron chi connectivity index (χ1n) is 29.9. The topological polar surface area (TPSA) is 262 Å². The van der Waals surface area contributed by atoms with Crippen molar-refractivity contribution in [1.29, 1.82) is 0 Å². The molecule has 18 nitrogen and oxygen atoms in total. The first-order chi connectivity index (χ1) is 46.2. The van der Waals surface area contributed by atoms with Crippen LogP contribution in [-0.4, -0.2) is 111 Å². The minimum Gasteiger partial charge on any atom is -0.396 e. The molecule has 0 spiro atoms. The Bertz CT molecular complexity index is 5080. The van der Waals surface area contributed by atoms with Crippen LogP contribution >= 0.6 is 57.1 Å². The van der Waals surface area contributed by atoms with Crippen LogP contribution < -0.4 is 10.5 Å². The number of sulfonamides is 1. The zero-order valence-electron chi connectivity index (χ0n) is 50.6. The molecule has 4 saturated carbocycles. The molecule has 100 heavy (non-hydrogen) atoms. The van der Waals surface area contributed by atoms with Crippen LogP contribution in [0.15, 0.2) is 122 Å². The van der Waals surface area contributed by atoms with E-state index in [1.165, 1.54) is 48.9 Å². The van der Waals surface area contributed by atoms with Gasteiger partial charge in [-0.3, -0.25) is 33.0 Å². The number of nitrogens with one attached hydrogen (secondary N) is 1. The summed E-state index contributed by atoms with van der Waals surface area (Å²) in [6, 6.07) is 15.6. The third kappa shape index (κ3) is 15.6. The number of nitrogens with two attached hydrogens (primary N) is 1. The molecule has 2 unspecified atom stereocenters. The van der Waals surface area contributed by atoms with Gasteiger partial charge >= 0.3 is 0 Å². The number of nitrogens with zero attached hydrogens (tertiary/aromatic N) is 8. The van der Waals surface area contributed by atoms with E-state index in [1.807, 2.05) is 0 Å². The van der Waals surface area contributed by atoms with E-state index in [0.717, 1.165) is 71.1 Å². The Morgan fingerprint density at radius 3 is 1.25 bits per heavy atom. The molecule has 4 aliphatic carbocycles. The molecule has 0 bridgehead atoms. The maximum atomic E-state index is 15.9. The largest absolute Gasteiger partial charge is 0.396 e. The fourth-order valence-electron chi connectivity index (χ4n) is 11.4. The fraction of sp³-hybridized carbons (Fsp3) is 0.265. The molecule has 6 aromatic heterocycles. The number of hydrogen-bond donors (Lipinski definition) is 2. The van der Waals surface area contributed by atoms with Crippen LogP contribution in [0.1, 0.15) is 155 Å². The first-order valence-corrected chi connectivity index (χ1v) is 35.3. The molecule has 6 heterocycles. The monoisotopic (exact) mass is 1510 g/mol. The molecule has 0 amide bonds. The quantitative estimate of drug-likeness (QED) is 0.0337. The Hall–Kier alpha value is -8.31. The Balaban J connectivity index is 0.000000202. The second kappa shape index (κ2) is 30.5. The summed E-state index contributed by atoms with van der Waals surface area (Å²) in [6.45, 7) is 0. The van der Waals surface area contributed by atoms with Gasteiger partial charge in [-0.15, -0.1) is 0 Å². The van der Waals surface area contributed by atoms with Crippen molar-refractivity contribution in [3.05, 3.63) is 211 Å². The van der Waals surface area contributed by atoms with Crippen molar-refractivity contribution in [2.45, 2.75) is 114 Å². The number of alkyl halides is 2. The first kappa shape index (κ1) is 75.9. The number of hydrogen-bond acceptors (Lipinski definition) is 15. The minimum absolute atomic E-state index is 0. The maximum absolute atomic E-state index is 15.9. The molecular weight excluding hydrogens is 1450 g/mol. The molecule has 4 atom stereocenters. The predicted molar refractivity (Wildman–Crippen MR) is 373 cm³/mol. The van der Waals surface area contributed by atoms with E-state index in [9.17, 15) is 53.6 Å². The normalized spacial score (nSPS) is 17.2. The number of anilines is 2. The molecule has 10 aromatic rings. The van der Waals surface area contributed by atoms with Crippen LogP contribution in [0.3, 0.4) is 0 Å². The lowest BCUT2D eigenvalue weighted by Crippen LogP contribution is -2.26. The van der Waals surface area contributed by atoms with E-state index in [2.05, 4.69) is 34.6 Å². The van der Waals surface area contributed by atoms with Gasteiger partial charge in [0, 0.05) is 114 Å². The highest BCUT2D eigenvalue weighted by Crippen LogP contribution is 2.41. The van der Waals surface area contributed by atoms with Crippen LogP contribution in [0.5, 0.6) is 0 Å². The van der Waals surface area contributed by atoms with Gasteiger partial charge in [0.2, 0.25) is 30.6 Å². The van der Waals surface area contributed by atoms with Gasteiger partial charge in [-0.2, -0.15) is 0 Å². The summed E-state index contributed by atoms with van der Waals surface area (Å²) in [6.07, 6.45) is 14.0. The molecule has 3 N–H and O–H groups in total. The Labute approximate surface area is 596 Å². The number of nitrogen functional groups attached to an aromatic ring is 1. The molecular formula is C68H57BCl5F6N10O8S2. The van der Waals surface area contributed by atoms with Gasteiger partial charge in [0.1, 0.15) is 46.9 Å². The van der Waals surface area contributed by atoms with Crippen molar-refractivity contribution in [2.75, 3.05) is 10.5 Å². The summed E-state index contributed by atoms with van der Waals surface area (Å²) in [5.74, 6) is -6.58. The maximum Gasteiger partial charge on any atom is 0.266 e. The van der Waals surface area contributed by atoms with Crippen molar-refractivity contribution in [1.82, 2.24) is 39.0 Å². The van der Waals surface area contributed by atoms with Crippen molar-refractivity contribution in [3.8, 4) is 22.3 Å². The minimum atomic E-state index is -4.27. The third-order valence-electron chi connectivity index (χ3n) is 16.9. The molecule has 0 aliphatic heterocycles. The number of rotatable bonds is 14. The number of fused-ring (bicyclic) bond motifs is 2. The van der Waals surface area contributed by atoms with E-state index in [0.29, 0.717) is 52.8 Å². The third-order valence-corrected chi connectivity index (χ3v) is 21.9. The van der Waals surface area contributed by atoms with Gasteiger partial charge in [0.25, 0.3) is 11.8 Å². The van der Waals surface area contributed by atoms with E-state index in [-0.39, 0.29) is 113 Å². The molecule has 4 fully saturated rings. The standard InChI is InChI=1S/C33H24Cl2F3N5O4S.C28H17Cl2F2N5O2.C5H8ClFO2S.2CH4.B/c34-23-2-1-3-24(35)27(23)33(45)43-15-22(21-10-17(12-41-32(21)43)18-13-39-31(40-14-18)16-4-5-16)30(44)28-25(37)8-9-26(29(28)38)42-48(46,47)20-7-6-19(36)11-20;29-18-2-1-3-19(30)22(18)28(39)37-12-17(25(38)23-20(31)6-7-21(33)24(23)32)16-8-14(9-36-27(16)37)15-10-34-26(35-11-15)13-4-5-13;6-10(8,9)5-2-1-4(7)3-5;;;/h1-3,8-10,12-16,19-20,42H,4-7,11H2;1-3,6-13H,4-5,33H2;4-5H,1-3H2;2*1H4;/t19-,20?;;4-,5?;;;/m1.1.../s1. The number of carbonyl (C=O) groups is 4. The molecule has 14 rings (SSSR count). The highest BCUT2D eigenvalue weighted by Gasteiger charge is 2.38. The van der Waals surface area contributed by atoms with E-state index < -0.39 is 111 Å². The molecule has 3 radical (unpaired) electrons. The van der Waals surface area contributed by atoms with Crippen LogP contribution in [0, 0.1) is 23.3 Å². The van der Waals surface area contributed by atoms with Crippen LogP contribution in [0.4, 0.5) is 37.7 Å². The van der Waals surface area contributed by atoms with Crippen LogP contribution in [0.2, 0.25) is 20.1 Å². The smallest absolute Gasteiger partial charge is 0.266 e. The summed E-state index contributed by atoms with van der Waals surface area (Å²) >= 11 is 25.1. The van der Waals surface area contributed by atoms with Crippen molar-refractivity contribution in [2.24, 2.45) is 0 Å². The average molecular weight is 1510 g/mol. The summed E-state index contributed by atoms with van der Waals surface area (Å²) in [7, 11) is -2.76. The zero-order valence-corrected chi connectivity index (χ0v) is 56.0. The van der Waals surface area contributed by atoms with Crippen molar-refractivity contribution < 1.29 is 62.4 Å². The highest BCUT2D eigenvalue weighted by atomic mass is 35.7. The number of pyridine rings is 2. The molecule has 519 valence electrons. The molecule has 4 aliphatic rings. The lowest BCUT2D eigenvalue weighted by Gasteiger charge is -2.15. The second-order valence-corrected chi connectivity index (χ2v) is 30.0. The van der Waals surface area contributed by atoms with Gasteiger partial charge in [0.15, 0.2) is 11.6 Å². The predicted octanol–water partition coefficient (Wildman–Crippen LogP) is 16.3. The number of benzene rings is 4. The molecule has 0 saturated heterocycles. The SMILES string of the molecule is C.C.Nc1ccc(F)c(C(=O)c2cn(C(=O)c3c(Cl)cccc3Cl)c3ncc(-c4cnc(C5CC5)nc4)cc23)c1F.O=C(c1c(F)ccc(NS(=O)(=O)C2CC[C@@H](F)C2)c1F)c1cn(C(=O)c2c(Cl)cccc2Cl)c2ncc(-c3cnc(C4CC4)nc3)cc12.O=S(=O)(Cl)C1CC[C@@H](F)C1.[B]. The van der Waals surface area contributed by atoms with Gasteiger partial charge < -0.3 is 5.73 Å². The van der Waals surface area contributed by atoms with Crippen molar-refractivity contribution >= 4 is 141 Å². The number of aromatic nitrogens is 8. The average Bonchev–Trinajstić information content (AvgIpc) is 1.58. The van der Waals surface area contributed by atoms with Crippen LogP contribution in [0.25, 0.3) is 44.3 Å².